The Morgan fingerprint density at radius 1 is 1.50 bits per heavy atom. The summed E-state index contributed by atoms with van der Waals surface area (Å²) in [6, 6.07) is 0.925. The highest BCUT2D eigenvalue weighted by Crippen LogP contribution is 2.32. The third-order valence-corrected chi connectivity index (χ3v) is 2.35. The van der Waals surface area contributed by atoms with E-state index < -0.39 is 12.1 Å². The van der Waals surface area contributed by atoms with E-state index in [-0.39, 0.29) is 15.1 Å². The number of rotatable bonds is 3. The number of halogens is 4. The monoisotopic (exact) mass is 347 g/mol. The van der Waals surface area contributed by atoms with Gasteiger partial charge in [-0.1, -0.05) is 0 Å². The zero-order valence-corrected chi connectivity index (χ0v) is 10.00. The fraction of sp³-hybridized carbons (Fsp3) is 0.250. The van der Waals surface area contributed by atoms with Crippen LogP contribution in [0.3, 0.4) is 0 Å². The molecule has 0 N–H and O–H groups in total. The van der Waals surface area contributed by atoms with Crippen molar-refractivity contribution >= 4 is 28.9 Å². The van der Waals surface area contributed by atoms with Gasteiger partial charge in [0.15, 0.2) is 12.0 Å². The first-order valence-corrected chi connectivity index (χ1v) is 4.90. The van der Waals surface area contributed by atoms with Crippen LogP contribution in [0.2, 0.25) is 0 Å². The fourth-order valence-corrected chi connectivity index (χ4v) is 1.40. The molecule has 0 radical (unpaired) electrons. The fourth-order valence-electron chi connectivity index (χ4n) is 0.898. The molecule has 0 unspecified atom stereocenters. The van der Waals surface area contributed by atoms with Crippen LogP contribution in [0.25, 0.3) is 0 Å². The minimum atomic E-state index is -4.86. The van der Waals surface area contributed by atoms with E-state index >= 15 is 0 Å². The van der Waals surface area contributed by atoms with Crippen LogP contribution in [-0.4, -0.2) is 24.7 Å². The number of ether oxygens (including phenoxy) is 2. The molecular formula is C8H5F3INO3. The number of hydrogen-bond acceptors (Lipinski definition) is 4. The van der Waals surface area contributed by atoms with Gasteiger partial charge >= 0.3 is 6.36 Å². The van der Waals surface area contributed by atoms with Crippen LogP contribution in [-0.2, 0) is 0 Å². The second-order valence-corrected chi connectivity index (χ2v) is 3.56. The Morgan fingerprint density at radius 3 is 2.56 bits per heavy atom. The van der Waals surface area contributed by atoms with E-state index in [1.807, 2.05) is 0 Å². The number of nitrogens with zero attached hydrogens (tertiary/aromatic N) is 1. The highest BCUT2D eigenvalue weighted by molar-refractivity contribution is 14.1. The number of carbonyl (C=O) groups excluding carboxylic acids is 1. The van der Waals surface area contributed by atoms with Crippen molar-refractivity contribution in [1.82, 2.24) is 4.98 Å². The maximum absolute atomic E-state index is 12.0. The first kappa shape index (κ1) is 13.0. The summed E-state index contributed by atoms with van der Waals surface area (Å²) in [5, 5.41) is 0. The summed E-state index contributed by atoms with van der Waals surface area (Å²) in [5.74, 6) is -0.968. The number of alkyl halides is 3. The average molecular weight is 347 g/mol. The van der Waals surface area contributed by atoms with Crippen molar-refractivity contribution in [2.45, 2.75) is 6.36 Å². The Morgan fingerprint density at radius 2 is 2.12 bits per heavy atom. The lowest BCUT2D eigenvalue weighted by molar-refractivity contribution is -0.275. The van der Waals surface area contributed by atoms with E-state index in [9.17, 15) is 18.0 Å². The van der Waals surface area contributed by atoms with E-state index in [0.717, 1.165) is 13.2 Å². The average Bonchev–Trinajstić information content (AvgIpc) is 2.18. The molecule has 8 heteroatoms. The Bertz CT molecular complexity index is 408. The van der Waals surface area contributed by atoms with Crippen molar-refractivity contribution in [3.05, 3.63) is 15.3 Å². The molecule has 0 bridgehead atoms. The van der Waals surface area contributed by atoms with Crippen LogP contribution in [0.1, 0.15) is 10.4 Å². The molecule has 1 aromatic heterocycles. The third-order valence-electron chi connectivity index (χ3n) is 1.48. The number of aromatic nitrogens is 1. The zero-order valence-electron chi connectivity index (χ0n) is 7.84. The Kier molecular flexibility index (Phi) is 3.94. The quantitative estimate of drug-likeness (QED) is 0.479. The first-order chi connectivity index (χ1) is 7.37. The van der Waals surface area contributed by atoms with Crippen molar-refractivity contribution < 1.29 is 27.4 Å². The van der Waals surface area contributed by atoms with Crippen molar-refractivity contribution in [1.29, 1.82) is 0 Å². The largest absolute Gasteiger partial charge is 0.573 e. The van der Waals surface area contributed by atoms with Crippen molar-refractivity contribution in [2.75, 3.05) is 7.11 Å². The van der Waals surface area contributed by atoms with Gasteiger partial charge in [0.05, 0.1) is 12.7 Å². The minimum Gasteiger partial charge on any atom is -0.478 e. The van der Waals surface area contributed by atoms with Crippen LogP contribution in [0.5, 0.6) is 11.6 Å². The van der Waals surface area contributed by atoms with Crippen LogP contribution < -0.4 is 9.47 Å². The smallest absolute Gasteiger partial charge is 0.478 e. The van der Waals surface area contributed by atoms with Gasteiger partial charge in [-0.25, -0.2) is 4.98 Å². The first-order valence-electron chi connectivity index (χ1n) is 3.83. The minimum absolute atomic E-state index is 0.000602. The summed E-state index contributed by atoms with van der Waals surface area (Å²) in [7, 11) is 1.15. The molecule has 0 aliphatic heterocycles. The summed E-state index contributed by atoms with van der Waals surface area (Å²) in [6.45, 7) is 0. The molecule has 0 spiro atoms. The molecule has 0 aliphatic carbocycles. The maximum atomic E-state index is 12.0. The van der Waals surface area contributed by atoms with Gasteiger partial charge in [0, 0.05) is 0 Å². The van der Waals surface area contributed by atoms with Crippen molar-refractivity contribution in [3.63, 3.8) is 0 Å². The highest BCUT2D eigenvalue weighted by atomic mass is 127. The maximum Gasteiger partial charge on any atom is 0.573 e. The molecule has 0 atom stereocenters. The molecule has 0 aromatic carbocycles. The van der Waals surface area contributed by atoms with Gasteiger partial charge in [0.1, 0.15) is 3.70 Å². The van der Waals surface area contributed by atoms with Crippen LogP contribution >= 0.6 is 22.6 Å². The van der Waals surface area contributed by atoms with E-state index in [1.54, 1.807) is 22.6 Å². The van der Waals surface area contributed by atoms with Gasteiger partial charge < -0.3 is 9.47 Å². The highest BCUT2D eigenvalue weighted by Gasteiger charge is 2.33. The molecule has 1 rings (SSSR count). The van der Waals surface area contributed by atoms with Crippen LogP contribution in [0.4, 0.5) is 13.2 Å². The number of methoxy groups -OCH3 is 1. The molecule has 88 valence electrons. The van der Waals surface area contributed by atoms with Crippen molar-refractivity contribution in [2.24, 2.45) is 0 Å². The zero-order chi connectivity index (χ0) is 12.3. The van der Waals surface area contributed by atoms with E-state index in [1.165, 1.54) is 0 Å². The molecule has 0 fully saturated rings. The summed E-state index contributed by atoms with van der Waals surface area (Å²) in [4.78, 5) is 14.2. The molecule has 0 aliphatic rings. The molecule has 0 amide bonds. The van der Waals surface area contributed by atoms with Crippen LogP contribution in [0.15, 0.2) is 6.07 Å². The predicted octanol–water partition coefficient (Wildman–Crippen LogP) is 2.41. The lowest BCUT2D eigenvalue weighted by Gasteiger charge is -2.12. The van der Waals surface area contributed by atoms with Crippen molar-refractivity contribution in [3.8, 4) is 11.6 Å². The topological polar surface area (TPSA) is 48.4 Å². The standard InChI is InChI=1S/C8H5F3INO3/c1-15-7-5(16-8(9,10)11)2-4(3-14)6(12)13-7/h2-3H,1H3. The summed E-state index contributed by atoms with van der Waals surface area (Å²) in [5.41, 5.74) is 0.000602. The second kappa shape index (κ2) is 4.85. The van der Waals surface area contributed by atoms with E-state index in [2.05, 4.69) is 14.5 Å². The molecule has 16 heavy (non-hydrogen) atoms. The number of aldehydes is 1. The van der Waals surface area contributed by atoms with Gasteiger partial charge in [-0.05, 0) is 28.7 Å². The Labute approximate surface area is 102 Å². The lowest BCUT2D eigenvalue weighted by Crippen LogP contribution is -2.18. The molecule has 1 aromatic rings. The molecule has 1 heterocycles. The SMILES string of the molecule is COc1nc(I)c(C=O)cc1OC(F)(F)F. The summed E-state index contributed by atoms with van der Waals surface area (Å²) < 4.78 is 44.5. The number of hydrogen-bond donors (Lipinski definition) is 0. The van der Waals surface area contributed by atoms with Gasteiger partial charge in [0.2, 0.25) is 0 Å². The molecular weight excluding hydrogens is 342 g/mol. The Balaban J connectivity index is 3.20. The van der Waals surface area contributed by atoms with E-state index in [4.69, 9.17) is 0 Å². The summed E-state index contributed by atoms with van der Waals surface area (Å²) >= 11 is 1.70. The van der Waals surface area contributed by atoms with Gasteiger partial charge in [-0.15, -0.1) is 13.2 Å². The van der Waals surface area contributed by atoms with Gasteiger partial charge in [-0.2, -0.15) is 0 Å². The predicted molar refractivity (Wildman–Crippen MR) is 55.6 cm³/mol. The molecule has 0 saturated heterocycles. The number of carbonyl (C=O) groups is 1. The molecule has 0 saturated carbocycles. The van der Waals surface area contributed by atoms with Crippen LogP contribution in [0, 0.1) is 3.70 Å². The third kappa shape index (κ3) is 3.22. The van der Waals surface area contributed by atoms with Gasteiger partial charge in [-0.3, -0.25) is 4.79 Å². The van der Waals surface area contributed by atoms with Gasteiger partial charge in [0.25, 0.3) is 5.88 Å². The normalized spacial score (nSPS) is 11.1. The summed E-state index contributed by atoms with van der Waals surface area (Å²) in [6.07, 6.45) is -4.47. The lowest BCUT2D eigenvalue weighted by atomic mass is 10.3. The second-order valence-electron chi connectivity index (χ2n) is 2.54. The number of pyridine rings is 1. The Hall–Kier alpha value is -1.06. The molecule has 4 nitrogen and oxygen atoms in total. The van der Waals surface area contributed by atoms with E-state index in [0.29, 0.717) is 6.29 Å².